The molecule has 106 valence electrons. The molecule has 3 N–H and O–H groups in total. The quantitative estimate of drug-likeness (QED) is 0.720. The molecule has 0 atom stereocenters. The van der Waals surface area contributed by atoms with Crippen molar-refractivity contribution in [3.05, 3.63) is 36.4 Å². The molecule has 2 amide bonds. The molecule has 1 saturated carbocycles. The number of hydrogen-bond acceptors (Lipinski definition) is 3. The van der Waals surface area contributed by atoms with E-state index >= 15 is 0 Å². The van der Waals surface area contributed by atoms with Gasteiger partial charge in [0.2, 0.25) is 0 Å². The van der Waals surface area contributed by atoms with Gasteiger partial charge < -0.3 is 20.4 Å². The Morgan fingerprint density at radius 1 is 1.45 bits per heavy atom. The largest absolute Gasteiger partial charge is 0.507 e. The molecule has 0 spiro atoms. The van der Waals surface area contributed by atoms with Crippen LogP contribution in [0.3, 0.4) is 0 Å². The van der Waals surface area contributed by atoms with Gasteiger partial charge in [-0.1, -0.05) is 6.08 Å². The molecule has 0 radical (unpaired) electrons. The summed E-state index contributed by atoms with van der Waals surface area (Å²) in [7, 11) is 0. The summed E-state index contributed by atoms with van der Waals surface area (Å²) in [6.07, 6.45) is 3.61. The maximum absolute atomic E-state index is 12.1. The molecular weight excluding hydrogens is 260 g/mol. The average molecular weight is 276 g/mol. The van der Waals surface area contributed by atoms with E-state index in [9.17, 15) is 14.7 Å². The number of nitrogens with one attached hydrogen (secondary N) is 1. The number of amides is 2. The van der Waals surface area contributed by atoms with E-state index in [-0.39, 0.29) is 23.4 Å². The number of hydrogen-bond donors (Lipinski definition) is 3. The fourth-order valence-electron chi connectivity index (χ4n) is 1.91. The molecule has 0 unspecified atom stereocenters. The van der Waals surface area contributed by atoms with Gasteiger partial charge in [-0.2, -0.15) is 0 Å². The highest BCUT2D eigenvalue weighted by Gasteiger charge is 2.31. The minimum atomic E-state index is -1.22. The monoisotopic (exact) mass is 276 g/mol. The second-order valence-corrected chi connectivity index (χ2v) is 4.64. The Bertz CT molecular complexity index is 552. The third-order valence-electron chi connectivity index (χ3n) is 3.05. The highest BCUT2D eigenvalue weighted by molar-refractivity contribution is 5.94. The molecule has 0 aliphatic heterocycles. The van der Waals surface area contributed by atoms with Gasteiger partial charge in [0.25, 0.3) is 0 Å². The van der Waals surface area contributed by atoms with E-state index in [1.807, 2.05) is 0 Å². The lowest BCUT2D eigenvalue weighted by molar-refractivity contribution is 0.0694. The number of carboxylic acid groups (broad SMARTS) is 1. The Kier molecular flexibility index (Phi) is 3.93. The van der Waals surface area contributed by atoms with E-state index < -0.39 is 5.97 Å². The summed E-state index contributed by atoms with van der Waals surface area (Å²) in [5, 5.41) is 21.0. The van der Waals surface area contributed by atoms with Gasteiger partial charge in [0.1, 0.15) is 11.3 Å². The molecule has 0 bridgehead atoms. The van der Waals surface area contributed by atoms with Gasteiger partial charge >= 0.3 is 12.0 Å². The predicted octanol–water partition coefficient (Wildman–Crippen LogP) is 2.27. The van der Waals surface area contributed by atoms with E-state index in [4.69, 9.17) is 5.11 Å². The minimum absolute atomic E-state index is 0.201. The number of benzene rings is 1. The van der Waals surface area contributed by atoms with Crippen LogP contribution in [0.25, 0.3) is 0 Å². The molecular formula is C14H16N2O4. The van der Waals surface area contributed by atoms with Crippen LogP contribution in [0.2, 0.25) is 0 Å². The van der Waals surface area contributed by atoms with Crippen LogP contribution >= 0.6 is 0 Å². The van der Waals surface area contributed by atoms with Crippen molar-refractivity contribution < 1.29 is 19.8 Å². The lowest BCUT2D eigenvalue weighted by atomic mass is 10.2. The first-order valence-electron chi connectivity index (χ1n) is 6.27. The van der Waals surface area contributed by atoms with Crippen molar-refractivity contribution in [2.45, 2.75) is 18.9 Å². The van der Waals surface area contributed by atoms with E-state index in [1.165, 1.54) is 18.2 Å². The van der Waals surface area contributed by atoms with Crippen LogP contribution in [0, 0.1) is 0 Å². The van der Waals surface area contributed by atoms with E-state index in [1.54, 1.807) is 11.0 Å². The molecule has 1 fully saturated rings. The number of nitrogens with zero attached hydrogens (tertiary/aromatic N) is 1. The number of carbonyl (C=O) groups excluding carboxylic acids is 1. The van der Waals surface area contributed by atoms with Crippen molar-refractivity contribution in [1.82, 2.24) is 4.90 Å². The lowest BCUT2D eigenvalue weighted by Gasteiger charge is -2.21. The van der Waals surface area contributed by atoms with Gasteiger partial charge in [-0.3, -0.25) is 0 Å². The van der Waals surface area contributed by atoms with Crippen LogP contribution in [0.15, 0.2) is 30.9 Å². The first-order chi connectivity index (χ1) is 9.52. The van der Waals surface area contributed by atoms with Crippen LogP contribution in [-0.2, 0) is 0 Å². The first-order valence-corrected chi connectivity index (χ1v) is 6.27. The van der Waals surface area contributed by atoms with Crippen LogP contribution in [0.5, 0.6) is 5.75 Å². The fourth-order valence-corrected chi connectivity index (χ4v) is 1.91. The Balaban J connectivity index is 2.08. The van der Waals surface area contributed by atoms with Gasteiger partial charge in [0.15, 0.2) is 0 Å². The summed E-state index contributed by atoms with van der Waals surface area (Å²) < 4.78 is 0. The molecule has 0 aromatic heterocycles. The van der Waals surface area contributed by atoms with Crippen molar-refractivity contribution in [3.63, 3.8) is 0 Å². The number of aromatic carboxylic acids is 1. The minimum Gasteiger partial charge on any atom is -0.507 e. The lowest BCUT2D eigenvalue weighted by Crippen LogP contribution is -2.36. The van der Waals surface area contributed by atoms with Crippen LogP contribution in [0.1, 0.15) is 23.2 Å². The van der Waals surface area contributed by atoms with Gasteiger partial charge in [-0.25, -0.2) is 9.59 Å². The predicted molar refractivity (Wildman–Crippen MR) is 74.0 cm³/mol. The van der Waals surface area contributed by atoms with Crippen molar-refractivity contribution in [2.24, 2.45) is 0 Å². The standard InChI is InChI=1S/C14H16N2O4/c1-2-7-16(10-4-5-10)14(20)15-9-3-6-11(13(18)19)12(17)8-9/h2-3,6,8,10,17H,1,4-5,7H2,(H,15,20)(H,18,19). The highest BCUT2D eigenvalue weighted by atomic mass is 16.4. The number of urea groups is 1. The summed E-state index contributed by atoms with van der Waals surface area (Å²) in [5.74, 6) is -1.59. The van der Waals surface area contributed by atoms with Crippen LogP contribution < -0.4 is 5.32 Å². The number of phenols is 1. The zero-order valence-corrected chi connectivity index (χ0v) is 10.9. The maximum atomic E-state index is 12.1. The summed E-state index contributed by atoms with van der Waals surface area (Å²) in [5.41, 5.74) is 0.153. The molecule has 20 heavy (non-hydrogen) atoms. The number of rotatable bonds is 5. The smallest absolute Gasteiger partial charge is 0.339 e. The molecule has 1 aliphatic carbocycles. The topological polar surface area (TPSA) is 89.9 Å². The highest BCUT2D eigenvalue weighted by Crippen LogP contribution is 2.28. The van der Waals surface area contributed by atoms with E-state index in [2.05, 4.69) is 11.9 Å². The second kappa shape index (κ2) is 5.64. The number of anilines is 1. The van der Waals surface area contributed by atoms with Gasteiger partial charge in [0.05, 0.1) is 0 Å². The molecule has 2 rings (SSSR count). The Labute approximate surface area is 116 Å². The third-order valence-corrected chi connectivity index (χ3v) is 3.05. The molecule has 1 aromatic rings. The number of carboxylic acids is 1. The van der Waals surface area contributed by atoms with Crippen molar-refractivity contribution in [1.29, 1.82) is 0 Å². The SMILES string of the molecule is C=CCN(C(=O)Nc1ccc(C(=O)O)c(O)c1)C1CC1. The second-order valence-electron chi connectivity index (χ2n) is 4.64. The molecule has 6 nitrogen and oxygen atoms in total. The molecule has 1 aliphatic rings. The van der Waals surface area contributed by atoms with E-state index in [0.717, 1.165) is 12.8 Å². The summed E-state index contributed by atoms with van der Waals surface area (Å²) in [4.78, 5) is 24.5. The molecule has 0 heterocycles. The molecule has 1 aromatic carbocycles. The normalized spacial score (nSPS) is 13.6. The number of aromatic hydroxyl groups is 1. The number of carbonyl (C=O) groups is 2. The van der Waals surface area contributed by atoms with Gasteiger partial charge in [-0.05, 0) is 25.0 Å². The summed E-state index contributed by atoms with van der Waals surface area (Å²) >= 11 is 0. The molecule has 6 heteroatoms. The zero-order chi connectivity index (χ0) is 14.7. The summed E-state index contributed by atoms with van der Waals surface area (Å²) in [6, 6.07) is 3.87. The van der Waals surface area contributed by atoms with Crippen LogP contribution in [-0.4, -0.2) is 39.7 Å². The van der Waals surface area contributed by atoms with Gasteiger partial charge in [0, 0.05) is 24.3 Å². The maximum Gasteiger partial charge on any atom is 0.339 e. The van der Waals surface area contributed by atoms with E-state index in [0.29, 0.717) is 12.2 Å². The van der Waals surface area contributed by atoms with Crippen molar-refractivity contribution in [2.75, 3.05) is 11.9 Å². The van der Waals surface area contributed by atoms with Crippen molar-refractivity contribution in [3.8, 4) is 5.75 Å². The summed E-state index contributed by atoms with van der Waals surface area (Å²) in [6.45, 7) is 4.07. The van der Waals surface area contributed by atoms with Crippen LogP contribution in [0.4, 0.5) is 10.5 Å². The third kappa shape index (κ3) is 3.09. The fraction of sp³-hybridized carbons (Fsp3) is 0.286. The van der Waals surface area contributed by atoms with Crippen molar-refractivity contribution >= 4 is 17.7 Å². The Hall–Kier alpha value is -2.50. The zero-order valence-electron chi connectivity index (χ0n) is 10.9. The van der Waals surface area contributed by atoms with Gasteiger partial charge in [-0.15, -0.1) is 6.58 Å². The average Bonchev–Trinajstić information content (AvgIpc) is 3.19. The Morgan fingerprint density at radius 3 is 2.65 bits per heavy atom. The Morgan fingerprint density at radius 2 is 2.15 bits per heavy atom. The molecule has 0 saturated heterocycles. The first kappa shape index (κ1) is 13.9.